The number of aromatic nitrogens is 1. The van der Waals surface area contributed by atoms with Crippen LogP contribution >= 0.6 is 11.3 Å². The van der Waals surface area contributed by atoms with Gasteiger partial charge in [0.25, 0.3) is 5.91 Å². The summed E-state index contributed by atoms with van der Waals surface area (Å²) in [6, 6.07) is 3.36. The van der Waals surface area contributed by atoms with E-state index < -0.39 is 0 Å². The van der Waals surface area contributed by atoms with E-state index in [2.05, 4.69) is 17.2 Å². The van der Waals surface area contributed by atoms with Crippen LogP contribution in [0, 0.1) is 11.8 Å². The molecule has 1 saturated heterocycles. The summed E-state index contributed by atoms with van der Waals surface area (Å²) in [5.41, 5.74) is 1.14. The average Bonchev–Trinajstić information content (AvgIpc) is 3.30. The molecule has 2 aromatic rings. The fourth-order valence-electron chi connectivity index (χ4n) is 3.73. The van der Waals surface area contributed by atoms with Gasteiger partial charge in [-0.05, 0) is 50.2 Å². The summed E-state index contributed by atoms with van der Waals surface area (Å²) in [6.07, 6.45) is 6.31. The van der Waals surface area contributed by atoms with Crippen LogP contribution in [-0.2, 0) is 17.6 Å². The molecular formula is C19H23N3O3S. The van der Waals surface area contributed by atoms with Crippen LogP contribution in [0.5, 0.6) is 0 Å². The SMILES string of the molecule is C[C@@H]1CCc2nc(NC(=O)[C@H]3CCCN(C(=O)c4ccco4)C3)sc2C1. The predicted molar refractivity (Wildman–Crippen MR) is 99.3 cm³/mol. The first-order valence-corrected chi connectivity index (χ1v) is 10.0. The van der Waals surface area contributed by atoms with Gasteiger partial charge in [0.2, 0.25) is 5.91 Å². The molecule has 4 rings (SSSR count). The van der Waals surface area contributed by atoms with E-state index in [1.165, 1.54) is 11.1 Å². The zero-order chi connectivity index (χ0) is 18.1. The van der Waals surface area contributed by atoms with E-state index in [9.17, 15) is 9.59 Å². The first kappa shape index (κ1) is 17.3. The zero-order valence-electron chi connectivity index (χ0n) is 14.9. The standard InChI is InChI=1S/C19H23N3O3S/c1-12-6-7-14-16(10-12)26-19(20-14)21-17(23)13-4-2-8-22(11-13)18(24)15-5-3-9-25-15/h3,5,9,12-13H,2,4,6-8,10-11H2,1H3,(H,20,21,23)/t12-,13+/m1/s1. The Morgan fingerprint density at radius 3 is 3.08 bits per heavy atom. The highest BCUT2D eigenvalue weighted by Gasteiger charge is 2.30. The van der Waals surface area contributed by atoms with E-state index in [0.717, 1.165) is 37.8 Å². The van der Waals surface area contributed by atoms with Gasteiger partial charge in [-0.3, -0.25) is 9.59 Å². The Kier molecular flexibility index (Phi) is 4.80. The maximum Gasteiger partial charge on any atom is 0.289 e. The number of amides is 2. The summed E-state index contributed by atoms with van der Waals surface area (Å²) < 4.78 is 5.19. The third kappa shape index (κ3) is 3.53. The number of carbonyl (C=O) groups is 2. The number of likely N-dealkylation sites (tertiary alicyclic amines) is 1. The molecule has 0 bridgehead atoms. The molecule has 0 spiro atoms. The van der Waals surface area contributed by atoms with Crippen molar-refractivity contribution >= 4 is 28.3 Å². The Labute approximate surface area is 156 Å². The van der Waals surface area contributed by atoms with Crippen molar-refractivity contribution in [2.45, 2.75) is 39.0 Å². The molecule has 1 aliphatic heterocycles. The third-order valence-electron chi connectivity index (χ3n) is 5.23. The highest BCUT2D eigenvalue weighted by atomic mass is 32.1. The van der Waals surface area contributed by atoms with Gasteiger partial charge in [0.15, 0.2) is 10.9 Å². The minimum absolute atomic E-state index is 0.0407. The zero-order valence-corrected chi connectivity index (χ0v) is 15.7. The Hall–Kier alpha value is -2.15. The van der Waals surface area contributed by atoms with Gasteiger partial charge in [-0.1, -0.05) is 6.92 Å². The topological polar surface area (TPSA) is 75.4 Å². The molecule has 6 nitrogen and oxygen atoms in total. The quantitative estimate of drug-likeness (QED) is 0.895. The summed E-state index contributed by atoms with van der Waals surface area (Å²) in [4.78, 5) is 32.8. The molecule has 2 atom stereocenters. The summed E-state index contributed by atoms with van der Waals surface area (Å²) in [5.74, 6) is 0.619. The van der Waals surface area contributed by atoms with Gasteiger partial charge in [-0.25, -0.2) is 4.98 Å². The van der Waals surface area contributed by atoms with Crippen molar-refractivity contribution in [3.8, 4) is 0 Å². The number of fused-ring (bicyclic) bond motifs is 1. The van der Waals surface area contributed by atoms with Crippen LogP contribution in [-0.4, -0.2) is 34.8 Å². The van der Waals surface area contributed by atoms with Crippen molar-refractivity contribution in [1.29, 1.82) is 0 Å². The Morgan fingerprint density at radius 1 is 1.38 bits per heavy atom. The average molecular weight is 373 g/mol. The van der Waals surface area contributed by atoms with Gasteiger partial charge < -0.3 is 14.6 Å². The molecule has 0 unspecified atom stereocenters. The number of aryl methyl sites for hydroxylation is 1. The molecular weight excluding hydrogens is 350 g/mol. The second kappa shape index (κ2) is 7.23. The number of hydrogen-bond acceptors (Lipinski definition) is 5. The first-order valence-electron chi connectivity index (χ1n) is 9.22. The summed E-state index contributed by atoms with van der Waals surface area (Å²) >= 11 is 1.60. The van der Waals surface area contributed by atoms with E-state index in [1.54, 1.807) is 28.4 Å². The van der Waals surface area contributed by atoms with Crippen molar-refractivity contribution in [3.63, 3.8) is 0 Å². The lowest BCUT2D eigenvalue weighted by Gasteiger charge is -2.31. The summed E-state index contributed by atoms with van der Waals surface area (Å²) in [7, 11) is 0. The van der Waals surface area contributed by atoms with E-state index in [1.807, 2.05) is 0 Å². The lowest BCUT2D eigenvalue weighted by molar-refractivity contribution is -0.121. The molecule has 7 heteroatoms. The number of piperidine rings is 1. The number of nitrogens with one attached hydrogen (secondary N) is 1. The van der Waals surface area contributed by atoms with Crippen molar-refractivity contribution in [3.05, 3.63) is 34.7 Å². The molecule has 26 heavy (non-hydrogen) atoms. The smallest absolute Gasteiger partial charge is 0.289 e. The molecule has 2 aliphatic rings. The minimum atomic E-state index is -0.206. The van der Waals surface area contributed by atoms with Gasteiger partial charge in [0, 0.05) is 18.0 Å². The molecule has 0 aromatic carbocycles. The van der Waals surface area contributed by atoms with Crippen LogP contribution in [0.25, 0.3) is 0 Å². The summed E-state index contributed by atoms with van der Waals surface area (Å²) in [6.45, 7) is 3.34. The fraction of sp³-hybridized carbons (Fsp3) is 0.526. The van der Waals surface area contributed by atoms with Gasteiger partial charge in [-0.2, -0.15) is 0 Å². The van der Waals surface area contributed by atoms with E-state index >= 15 is 0 Å². The van der Waals surface area contributed by atoms with Crippen LogP contribution in [0.1, 0.15) is 47.3 Å². The first-order chi connectivity index (χ1) is 12.6. The van der Waals surface area contributed by atoms with Gasteiger partial charge >= 0.3 is 0 Å². The van der Waals surface area contributed by atoms with Gasteiger partial charge in [0.1, 0.15) is 0 Å². The number of nitrogens with zero attached hydrogens (tertiary/aromatic N) is 2. The predicted octanol–water partition coefficient (Wildman–Crippen LogP) is 3.35. The molecule has 1 fully saturated rings. The van der Waals surface area contributed by atoms with Crippen molar-refractivity contribution in [2.75, 3.05) is 18.4 Å². The minimum Gasteiger partial charge on any atom is -0.459 e. The van der Waals surface area contributed by atoms with Gasteiger partial charge in [-0.15, -0.1) is 11.3 Å². The fourth-order valence-corrected chi connectivity index (χ4v) is 4.91. The molecule has 0 saturated carbocycles. The normalized spacial score (nSPS) is 22.7. The second-order valence-electron chi connectivity index (χ2n) is 7.29. The Bertz CT molecular complexity index is 799. The van der Waals surface area contributed by atoms with Crippen molar-refractivity contribution in [2.24, 2.45) is 11.8 Å². The second-order valence-corrected chi connectivity index (χ2v) is 8.38. The van der Waals surface area contributed by atoms with Crippen molar-refractivity contribution < 1.29 is 14.0 Å². The maximum atomic E-state index is 12.7. The number of carbonyl (C=O) groups excluding carboxylic acids is 2. The van der Waals surface area contributed by atoms with E-state index in [-0.39, 0.29) is 17.7 Å². The maximum absolute atomic E-state index is 12.7. The number of thiazole rings is 1. The monoisotopic (exact) mass is 373 g/mol. The summed E-state index contributed by atoms with van der Waals surface area (Å²) in [5, 5.41) is 3.68. The molecule has 0 radical (unpaired) electrons. The van der Waals surface area contributed by atoms with E-state index in [4.69, 9.17) is 4.42 Å². The van der Waals surface area contributed by atoms with Crippen LogP contribution in [0.2, 0.25) is 0 Å². The molecule has 3 heterocycles. The van der Waals surface area contributed by atoms with Crippen LogP contribution < -0.4 is 5.32 Å². The lowest BCUT2D eigenvalue weighted by Crippen LogP contribution is -2.43. The van der Waals surface area contributed by atoms with Crippen LogP contribution in [0.3, 0.4) is 0 Å². The molecule has 2 amide bonds. The molecule has 138 valence electrons. The molecule has 1 aliphatic carbocycles. The number of furan rings is 1. The number of hydrogen-bond donors (Lipinski definition) is 1. The molecule has 1 N–H and O–H groups in total. The van der Waals surface area contributed by atoms with Crippen molar-refractivity contribution in [1.82, 2.24) is 9.88 Å². The van der Waals surface area contributed by atoms with Crippen LogP contribution in [0.4, 0.5) is 5.13 Å². The molecule has 2 aromatic heterocycles. The van der Waals surface area contributed by atoms with Crippen LogP contribution in [0.15, 0.2) is 22.8 Å². The lowest BCUT2D eigenvalue weighted by atomic mass is 9.93. The third-order valence-corrected chi connectivity index (χ3v) is 6.26. The largest absolute Gasteiger partial charge is 0.459 e. The highest BCUT2D eigenvalue weighted by Crippen LogP contribution is 2.32. The Balaban J connectivity index is 1.39. The van der Waals surface area contributed by atoms with E-state index in [0.29, 0.717) is 29.9 Å². The Morgan fingerprint density at radius 2 is 2.27 bits per heavy atom. The number of rotatable bonds is 3. The highest BCUT2D eigenvalue weighted by molar-refractivity contribution is 7.15. The number of anilines is 1. The van der Waals surface area contributed by atoms with Gasteiger partial charge in [0.05, 0.1) is 17.9 Å².